The molecule has 0 aliphatic heterocycles. The van der Waals surface area contributed by atoms with Crippen molar-refractivity contribution in [1.29, 1.82) is 0 Å². The molecule has 2 heterocycles. The van der Waals surface area contributed by atoms with Gasteiger partial charge in [0.1, 0.15) is 5.75 Å². The van der Waals surface area contributed by atoms with Crippen LogP contribution in [0.25, 0.3) is 22.0 Å². The highest BCUT2D eigenvalue weighted by atomic mass is 19.4. The molecule has 0 fully saturated rings. The standard InChI is InChI=1S/C21H15F3N4O/c1-13-3-2-10-25-19(13)14-4-9-18-15(11-14)12-26-28-20(18)27-16-5-7-17(8-6-16)29-21(22,23)24/h2-12H,1H3,(H,27,28). The maximum Gasteiger partial charge on any atom is 0.573 e. The van der Waals surface area contributed by atoms with Crippen molar-refractivity contribution in [3.8, 4) is 17.0 Å². The zero-order valence-electron chi connectivity index (χ0n) is 15.2. The molecule has 2 aromatic heterocycles. The van der Waals surface area contributed by atoms with E-state index in [1.54, 1.807) is 12.4 Å². The molecular formula is C21H15F3N4O. The van der Waals surface area contributed by atoms with Crippen molar-refractivity contribution < 1.29 is 17.9 Å². The minimum absolute atomic E-state index is 0.289. The molecule has 4 rings (SSSR count). The second-order valence-corrected chi connectivity index (χ2v) is 6.36. The summed E-state index contributed by atoms with van der Waals surface area (Å²) < 4.78 is 40.7. The van der Waals surface area contributed by atoms with E-state index >= 15 is 0 Å². The molecule has 0 bridgehead atoms. The Kier molecular flexibility index (Phi) is 4.75. The SMILES string of the molecule is Cc1cccnc1-c1ccc2c(Nc3ccc(OC(F)(F)F)cc3)nncc2c1. The lowest BCUT2D eigenvalue weighted by Crippen LogP contribution is -2.16. The number of ether oxygens (including phenoxy) is 1. The summed E-state index contributed by atoms with van der Waals surface area (Å²) in [5.41, 5.74) is 3.48. The van der Waals surface area contributed by atoms with Gasteiger partial charge in [-0.2, -0.15) is 5.10 Å². The molecule has 146 valence electrons. The molecule has 29 heavy (non-hydrogen) atoms. The maximum atomic E-state index is 12.3. The zero-order chi connectivity index (χ0) is 20.4. The summed E-state index contributed by atoms with van der Waals surface area (Å²) in [6.45, 7) is 2.00. The molecule has 4 aromatic rings. The normalized spacial score (nSPS) is 11.4. The largest absolute Gasteiger partial charge is 0.573 e. The molecule has 0 saturated heterocycles. The van der Waals surface area contributed by atoms with Gasteiger partial charge in [0, 0.05) is 28.2 Å². The lowest BCUT2D eigenvalue weighted by atomic mass is 10.0. The Morgan fingerprint density at radius 2 is 1.79 bits per heavy atom. The highest BCUT2D eigenvalue weighted by Gasteiger charge is 2.30. The third-order valence-corrected chi connectivity index (χ3v) is 4.29. The van der Waals surface area contributed by atoms with E-state index in [0.29, 0.717) is 11.5 Å². The molecule has 0 aliphatic carbocycles. The Morgan fingerprint density at radius 1 is 1.00 bits per heavy atom. The minimum atomic E-state index is -4.72. The predicted molar refractivity (Wildman–Crippen MR) is 104 cm³/mol. The Morgan fingerprint density at radius 3 is 2.52 bits per heavy atom. The van der Waals surface area contributed by atoms with Crippen LogP contribution in [-0.4, -0.2) is 21.5 Å². The second-order valence-electron chi connectivity index (χ2n) is 6.36. The maximum absolute atomic E-state index is 12.3. The van der Waals surface area contributed by atoms with Crippen LogP contribution in [0, 0.1) is 6.92 Å². The van der Waals surface area contributed by atoms with E-state index in [1.807, 2.05) is 37.3 Å². The predicted octanol–water partition coefficient (Wildman–Crippen LogP) is 5.64. The van der Waals surface area contributed by atoms with Crippen molar-refractivity contribution in [1.82, 2.24) is 15.2 Å². The van der Waals surface area contributed by atoms with Crippen molar-refractivity contribution in [3.63, 3.8) is 0 Å². The van der Waals surface area contributed by atoms with Gasteiger partial charge < -0.3 is 10.1 Å². The molecule has 1 N–H and O–H groups in total. The Hall–Kier alpha value is -3.68. The number of hydrogen-bond donors (Lipinski definition) is 1. The van der Waals surface area contributed by atoms with Gasteiger partial charge in [0.2, 0.25) is 0 Å². The fourth-order valence-corrected chi connectivity index (χ4v) is 2.99. The number of nitrogens with one attached hydrogen (secondary N) is 1. The molecule has 0 saturated carbocycles. The highest BCUT2D eigenvalue weighted by Crippen LogP contribution is 2.30. The molecule has 0 unspecified atom stereocenters. The van der Waals surface area contributed by atoms with Crippen LogP contribution in [-0.2, 0) is 0 Å². The molecule has 8 heteroatoms. The van der Waals surface area contributed by atoms with Gasteiger partial charge in [-0.05, 0) is 55.0 Å². The van der Waals surface area contributed by atoms with Gasteiger partial charge in [0.25, 0.3) is 0 Å². The first-order chi connectivity index (χ1) is 13.9. The lowest BCUT2D eigenvalue weighted by Gasteiger charge is -2.11. The quantitative estimate of drug-likeness (QED) is 0.484. The van der Waals surface area contributed by atoms with Gasteiger partial charge in [0.15, 0.2) is 5.82 Å². The number of benzene rings is 2. The van der Waals surface area contributed by atoms with E-state index in [9.17, 15) is 13.2 Å². The summed E-state index contributed by atoms with van der Waals surface area (Å²) in [4.78, 5) is 4.44. The number of nitrogens with zero attached hydrogens (tertiary/aromatic N) is 3. The summed E-state index contributed by atoms with van der Waals surface area (Å²) in [5, 5.41) is 12.9. The van der Waals surface area contributed by atoms with Crippen molar-refractivity contribution in [2.75, 3.05) is 5.32 Å². The van der Waals surface area contributed by atoms with E-state index < -0.39 is 6.36 Å². The second kappa shape index (κ2) is 7.38. The van der Waals surface area contributed by atoms with Gasteiger partial charge in [-0.3, -0.25) is 4.98 Å². The van der Waals surface area contributed by atoms with Crippen LogP contribution < -0.4 is 10.1 Å². The highest BCUT2D eigenvalue weighted by molar-refractivity contribution is 5.95. The topological polar surface area (TPSA) is 59.9 Å². The smallest absolute Gasteiger partial charge is 0.406 e. The molecule has 0 spiro atoms. The first-order valence-corrected chi connectivity index (χ1v) is 8.69. The number of alkyl halides is 3. The monoisotopic (exact) mass is 396 g/mol. The van der Waals surface area contributed by atoms with Crippen molar-refractivity contribution in [3.05, 3.63) is 72.6 Å². The summed E-state index contributed by atoms with van der Waals surface area (Å²) >= 11 is 0. The number of fused-ring (bicyclic) bond motifs is 1. The number of halogens is 3. The van der Waals surface area contributed by atoms with Crippen molar-refractivity contribution in [2.45, 2.75) is 13.3 Å². The Bertz CT molecular complexity index is 1160. The van der Waals surface area contributed by atoms with E-state index in [1.165, 1.54) is 24.3 Å². The number of anilines is 2. The molecule has 5 nitrogen and oxygen atoms in total. The zero-order valence-corrected chi connectivity index (χ0v) is 15.2. The average Bonchev–Trinajstić information content (AvgIpc) is 2.68. The fourth-order valence-electron chi connectivity index (χ4n) is 2.99. The fraction of sp³-hybridized carbons (Fsp3) is 0.0952. The number of rotatable bonds is 4. The van der Waals surface area contributed by atoms with Crippen molar-refractivity contribution in [2.24, 2.45) is 0 Å². The van der Waals surface area contributed by atoms with Crippen LogP contribution in [0.3, 0.4) is 0 Å². The first-order valence-electron chi connectivity index (χ1n) is 8.69. The minimum Gasteiger partial charge on any atom is -0.406 e. The molecule has 0 radical (unpaired) electrons. The molecule has 0 aliphatic rings. The van der Waals surface area contributed by atoms with Gasteiger partial charge in [-0.15, -0.1) is 18.3 Å². The summed E-state index contributed by atoms with van der Waals surface area (Å²) in [5.74, 6) is 0.207. The van der Waals surface area contributed by atoms with Crippen LogP contribution in [0.2, 0.25) is 0 Å². The summed E-state index contributed by atoms with van der Waals surface area (Å²) in [7, 11) is 0. The van der Waals surface area contributed by atoms with Gasteiger partial charge in [-0.25, -0.2) is 0 Å². The molecule has 0 amide bonds. The van der Waals surface area contributed by atoms with Gasteiger partial charge >= 0.3 is 6.36 Å². The van der Waals surface area contributed by atoms with Crippen molar-refractivity contribution >= 4 is 22.3 Å². The number of aryl methyl sites for hydroxylation is 1. The van der Waals surface area contributed by atoms with Gasteiger partial charge in [-0.1, -0.05) is 12.1 Å². The molecular weight excluding hydrogens is 381 g/mol. The third-order valence-electron chi connectivity index (χ3n) is 4.29. The van der Waals surface area contributed by atoms with E-state index in [4.69, 9.17) is 0 Å². The summed E-state index contributed by atoms with van der Waals surface area (Å²) in [6.07, 6.45) is -1.32. The van der Waals surface area contributed by atoms with Crippen LogP contribution >= 0.6 is 0 Å². The van der Waals surface area contributed by atoms with Crippen LogP contribution in [0.5, 0.6) is 5.75 Å². The average molecular weight is 396 g/mol. The lowest BCUT2D eigenvalue weighted by molar-refractivity contribution is -0.274. The number of pyridine rings is 1. The molecule has 0 atom stereocenters. The summed E-state index contributed by atoms with van der Waals surface area (Å²) in [6, 6.07) is 15.1. The van der Waals surface area contributed by atoms with Gasteiger partial charge in [0.05, 0.1) is 11.9 Å². The Balaban J connectivity index is 1.62. The van der Waals surface area contributed by atoms with Crippen LogP contribution in [0.1, 0.15) is 5.56 Å². The van der Waals surface area contributed by atoms with Crippen LogP contribution in [0.4, 0.5) is 24.7 Å². The van der Waals surface area contributed by atoms with Crippen LogP contribution in [0.15, 0.2) is 67.0 Å². The van der Waals surface area contributed by atoms with E-state index in [2.05, 4.69) is 25.2 Å². The number of hydrogen-bond acceptors (Lipinski definition) is 5. The first kappa shape index (κ1) is 18.7. The molecule has 2 aromatic carbocycles. The van der Waals surface area contributed by atoms with E-state index in [-0.39, 0.29) is 5.75 Å². The Labute approximate surface area is 164 Å². The number of aromatic nitrogens is 3. The third kappa shape index (κ3) is 4.26. The van der Waals surface area contributed by atoms with E-state index in [0.717, 1.165) is 27.6 Å².